The van der Waals surface area contributed by atoms with Crippen LogP contribution in [0.1, 0.15) is 99.9 Å². The molecule has 0 unspecified atom stereocenters. The van der Waals surface area contributed by atoms with Crippen molar-refractivity contribution in [1.29, 1.82) is 0 Å². The minimum absolute atomic E-state index is 0.0283. The lowest BCUT2D eigenvalue weighted by atomic mass is 9.84. The molecule has 8 heteroatoms. The average molecular weight is 635 g/mol. The Morgan fingerprint density at radius 1 is 0.717 bits per heavy atom. The van der Waals surface area contributed by atoms with Crippen LogP contribution in [0.4, 0.5) is 0 Å². The Hall–Kier alpha value is -3.14. The van der Waals surface area contributed by atoms with Crippen LogP contribution < -0.4 is 14.2 Å². The molecule has 3 aromatic carbocycles. The number of methoxy groups -OCH3 is 1. The molecular formula is C38H50O8. The van der Waals surface area contributed by atoms with E-state index in [0.29, 0.717) is 45.4 Å². The van der Waals surface area contributed by atoms with Crippen LogP contribution in [-0.4, -0.2) is 25.5 Å². The minimum atomic E-state index is -0.701. The van der Waals surface area contributed by atoms with Crippen LogP contribution in [0.3, 0.4) is 0 Å². The second-order valence-corrected chi connectivity index (χ2v) is 14.0. The van der Waals surface area contributed by atoms with Crippen molar-refractivity contribution in [2.24, 2.45) is 0 Å². The van der Waals surface area contributed by atoms with Gasteiger partial charge in [0.1, 0.15) is 17.2 Å². The predicted molar refractivity (Wildman–Crippen MR) is 176 cm³/mol. The molecule has 0 saturated heterocycles. The van der Waals surface area contributed by atoms with E-state index in [-0.39, 0.29) is 12.2 Å². The smallest absolute Gasteiger partial charge is 0.205 e. The zero-order valence-electron chi connectivity index (χ0n) is 29.0. The molecular weight excluding hydrogens is 584 g/mol. The number of hydrogen-bond acceptors (Lipinski definition) is 8. The van der Waals surface area contributed by atoms with E-state index >= 15 is 0 Å². The summed E-state index contributed by atoms with van der Waals surface area (Å²) in [6, 6.07) is 14.7. The van der Waals surface area contributed by atoms with Gasteiger partial charge < -0.3 is 37.9 Å². The maximum absolute atomic E-state index is 6.35. The van der Waals surface area contributed by atoms with E-state index in [1.54, 1.807) is 7.11 Å². The molecule has 2 aliphatic heterocycles. The summed E-state index contributed by atoms with van der Waals surface area (Å²) in [5.74, 6) is 1.01. The van der Waals surface area contributed by atoms with E-state index in [9.17, 15) is 0 Å². The Bertz CT molecular complexity index is 1520. The fraction of sp³-hybridized carbons (Fsp3) is 0.526. The Morgan fingerprint density at radius 3 is 1.76 bits per heavy atom. The zero-order chi connectivity index (χ0) is 33.1. The maximum atomic E-state index is 6.35. The molecule has 0 atom stereocenters. The third-order valence-corrected chi connectivity index (χ3v) is 8.20. The van der Waals surface area contributed by atoms with Crippen LogP contribution in [0.15, 0.2) is 42.5 Å². The van der Waals surface area contributed by atoms with Crippen molar-refractivity contribution in [1.82, 2.24) is 0 Å². The highest BCUT2D eigenvalue weighted by atomic mass is 16.7. The summed E-state index contributed by atoms with van der Waals surface area (Å²) in [4.78, 5) is 0. The van der Waals surface area contributed by atoms with Gasteiger partial charge in [-0.15, -0.1) is 0 Å². The number of para-hydroxylation sites is 1. The first-order chi connectivity index (χ1) is 21.8. The van der Waals surface area contributed by atoms with Crippen LogP contribution in [0.5, 0.6) is 17.2 Å². The highest BCUT2D eigenvalue weighted by Gasteiger charge is 2.32. The molecule has 46 heavy (non-hydrogen) atoms. The first-order valence-electron chi connectivity index (χ1n) is 16.1. The van der Waals surface area contributed by atoms with Gasteiger partial charge in [-0.25, -0.2) is 0 Å². The quantitative estimate of drug-likeness (QED) is 0.185. The summed E-state index contributed by atoms with van der Waals surface area (Å²) < 4.78 is 48.4. The number of fused-ring (bicyclic) bond motifs is 2. The Labute approximate surface area is 274 Å². The summed E-state index contributed by atoms with van der Waals surface area (Å²) in [7, 11) is 1.61. The normalized spacial score (nSPS) is 16.6. The largest absolute Gasteiger partial charge is 0.467 e. The highest BCUT2D eigenvalue weighted by molar-refractivity contribution is 5.48. The number of hydrogen-bond donors (Lipinski definition) is 0. The lowest BCUT2D eigenvalue weighted by Gasteiger charge is -2.35. The monoisotopic (exact) mass is 634 g/mol. The van der Waals surface area contributed by atoms with Gasteiger partial charge in [-0.1, -0.05) is 45.9 Å². The maximum Gasteiger partial charge on any atom is 0.205 e. The van der Waals surface area contributed by atoms with Crippen LogP contribution in [0, 0.1) is 0 Å². The van der Waals surface area contributed by atoms with Gasteiger partial charge in [-0.2, -0.15) is 0 Å². The first-order valence-corrected chi connectivity index (χ1v) is 16.1. The average Bonchev–Trinajstić information content (AvgIpc) is 2.99. The van der Waals surface area contributed by atoms with Gasteiger partial charge in [0.05, 0.1) is 39.6 Å². The van der Waals surface area contributed by atoms with Gasteiger partial charge in [0, 0.05) is 68.2 Å². The Kier molecular flexibility index (Phi) is 10.3. The van der Waals surface area contributed by atoms with Crippen molar-refractivity contribution < 1.29 is 37.9 Å². The number of aryl methyl sites for hydroxylation is 1. The molecule has 0 aromatic heterocycles. The fourth-order valence-electron chi connectivity index (χ4n) is 5.67. The summed E-state index contributed by atoms with van der Waals surface area (Å²) in [5.41, 5.74) is 8.35. The first kappa shape index (κ1) is 34.2. The topological polar surface area (TPSA) is 73.8 Å². The van der Waals surface area contributed by atoms with Crippen molar-refractivity contribution in [2.75, 3.05) is 13.9 Å². The van der Waals surface area contributed by atoms with Crippen LogP contribution >= 0.6 is 0 Å². The van der Waals surface area contributed by atoms with E-state index in [1.807, 2.05) is 45.9 Å². The standard InChI is InChI=1S/C38H50O8/c1-10-25-14-28(34-29(15-25)22-43-37(5,6)45-34)20-40-18-26-12-11-13-27(33(26)42-24-39-9)19-41-21-30-16-32(36(2,3)4)17-31-23-44-38(7,8)46-35(30)31/h11-17H,10,18-24H2,1-9H3. The summed E-state index contributed by atoms with van der Waals surface area (Å²) >= 11 is 0. The molecule has 0 fully saturated rings. The van der Waals surface area contributed by atoms with Gasteiger partial charge in [-0.3, -0.25) is 0 Å². The number of rotatable bonds is 12. The molecule has 3 aromatic rings. The molecule has 0 amide bonds. The van der Waals surface area contributed by atoms with Gasteiger partial charge in [0.2, 0.25) is 11.6 Å². The molecule has 8 nitrogen and oxygen atoms in total. The molecule has 0 N–H and O–H groups in total. The fourth-order valence-corrected chi connectivity index (χ4v) is 5.67. The molecule has 2 heterocycles. The number of ether oxygens (including phenoxy) is 8. The van der Waals surface area contributed by atoms with Crippen molar-refractivity contribution in [2.45, 2.75) is 118 Å². The van der Waals surface area contributed by atoms with Gasteiger partial charge in [-0.05, 0) is 47.2 Å². The van der Waals surface area contributed by atoms with E-state index in [2.05, 4.69) is 52.0 Å². The summed E-state index contributed by atoms with van der Waals surface area (Å²) in [5, 5.41) is 0. The zero-order valence-corrected chi connectivity index (χ0v) is 29.0. The van der Waals surface area contributed by atoms with Crippen LogP contribution in [0.25, 0.3) is 0 Å². The second-order valence-electron chi connectivity index (χ2n) is 14.0. The van der Waals surface area contributed by atoms with Crippen molar-refractivity contribution in [3.63, 3.8) is 0 Å². The number of benzene rings is 3. The van der Waals surface area contributed by atoms with Gasteiger partial charge >= 0.3 is 0 Å². The van der Waals surface area contributed by atoms with Crippen molar-refractivity contribution in [3.8, 4) is 17.2 Å². The SMILES string of the molecule is CCc1cc(COCc2cccc(COCc3cc(C(C)(C)C)cc4c3OC(C)(C)OC4)c2OCOC)c2c(c1)COC(C)(C)O2. The van der Waals surface area contributed by atoms with Gasteiger partial charge in [0.25, 0.3) is 0 Å². The van der Waals surface area contributed by atoms with E-state index < -0.39 is 11.6 Å². The van der Waals surface area contributed by atoms with Gasteiger partial charge in [0.15, 0.2) is 6.79 Å². The third-order valence-electron chi connectivity index (χ3n) is 8.20. The molecule has 0 radical (unpaired) electrons. The summed E-state index contributed by atoms with van der Waals surface area (Å²) in [6.07, 6.45) is 0.918. The minimum Gasteiger partial charge on any atom is -0.467 e. The lowest BCUT2D eigenvalue weighted by Crippen LogP contribution is -2.36. The molecule has 0 spiro atoms. The van der Waals surface area contributed by atoms with Crippen LogP contribution in [0.2, 0.25) is 0 Å². The van der Waals surface area contributed by atoms with E-state index in [1.165, 1.54) is 11.1 Å². The Morgan fingerprint density at radius 2 is 1.24 bits per heavy atom. The van der Waals surface area contributed by atoms with Crippen molar-refractivity contribution >= 4 is 0 Å². The third kappa shape index (κ3) is 8.22. The van der Waals surface area contributed by atoms with Crippen LogP contribution in [-0.2, 0) is 75.2 Å². The molecule has 0 saturated carbocycles. The van der Waals surface area contributed by atoms with E-state index in [4.69, 9.17) is 37.9 Å². The van der Waals surface area contributed by atoms with E-state index in [0.717, 1.165) is 51.3 Å². The highest BCUT2D eigenvalue weighted by Crippen LogP contribution is 2.39. The molecule has 0 aliphatic carbocycles. The molecule has 5 rings (SSSR count). The predicted octanol–water partition coefficient (Wildman–Crippen LogP) is 8.25. The molecule has 0 bridgehead atoms. The second kappa shape index (κ2) is 13.9. The lowest BCUT2D eigenvalue weighted by molar-refractivity contribution is -0.181. The summed E-state index contributed by atoms with van der Waals surface area (Å²) in [6.45, 7) is 19.1. The van der Waals surface area contributed by atoms with Crippen molar-refractivity contribution in [3.05, 3.63) is 87.0 Å². The molecule has 250 valence electrons. The molecule has 2 aliphatic rings. The Balaban J connectivity index is 1.32.